The molecule has 0 spiro atoms. The number of carbonyl (C=O) groups is 1. The number of piperidine rings is 1. The average molecular weight is 286 g/mol. The van der Waals surface area contributed by atoms with Gasteiger partial charge in [-0.1, -0.05) is 18.2 Å². The molecule has 0 aliphatic carbocycles. The number of ether oxygens (including phenoxy) is 1. The van der Waals surface area contributed by atoms with Gasteiger partial charge in [-0.25, -0.2) is 0 Å². The predicted octanol–water partition coefficient (Wildman–Crippen LogP) is 2.03. The van der Waals surface area contributed by atoms with Crippen LogP contribution in [0.25, 0.3) is 0 Å². The molecule has 0 aromatic heterocycles. The van der Waals surface area contributed by atoms with Crippen LogP contribution in [0.4, 0.5) is 0 Å². The van der Waals surface area contributed by atoms with Crippen LogP contribution in [-0.4, -0.2) is 35.5 Å². The van der Waals surface area contributed by atoms with Crippen LogP contribution < -0.4 is 10.5 Å². The number of nitrogens with two attached hydrogens (primary N) is 1. The van der Waals surface area contributed by atoms with Crippen molar-refractivity contribution in [1.82, 2.24) is 4.90 Å². The Hall–Kier alpha value is -1.55. The van der Waals surface area contributed by atoms with Crippen LogP contribution in [-0.2, 0) is 4.79 Å². The van der Waals surface area contributed by atoms with E-state index in [1.807, 2.05) is 24.3 Å². The molecule has 3 unspecified atom stereocenters. The molecule has 3 atom stereocenters. The lowest BCUT2D eigenvalue weighted by Gasteiger charge is -2.40. The maximum atomic E-state index is 13.1. The van der Waals surface area contributed by atoms with E-state index in [0.29, 0.717) is 24.6 Å². The van der Waals surface area contributed by atoms with Gasteiger partial charge >= 0.3 is 0 Å². The van der Waals surface area contributed by atoms with E-state index < -0.39 is 0 Å². The Morgan fingerprint density at radius 3 is 2.62 bits per heavy atom. The van der Waals surface area contributed by atoms with Crippen LogP contribution in [0, 0.1) is 0 Å². The van der Waals surface area contributed by atoms with Crippen molar-refractivity contribution in [3.05, 3.63) is 29.8 Å². The standard InChI is InChI=1S/C17H22N2O2/c18-11-9-12-5-6-13(10-11)19(12)17(20)15-7-8-21-16-4-2-1-3-14(15)16/h1-4,11-13,15H,5-10,18H2. The van der Waals surface area contributed by atoms with Gasteiger partial charge in [-0.15, -0.1) is 0 Å². The summed E-state index contributed by atoms with van der Waals surface area (Å²) in [7, 11) is 0. The van der Waals surface area contributed by atoms with Crippen molar-refractivity contribution in [2.24, 2.45) is 5.73 Å². The van der Waals surface area contributed by atoms with E-state index in [0.717, 1.165) is 43.4 Å². The number of hydrogen-bond acceptors (Lipinski definition) is 3. The molecule has 112 valence electrons. The summed E-state index contributed by atoms with van der Waals surface area (Å²) < 4.78 is 5.69. The Morgan fingerprint density at radius 1 is 1.14 bits per heavy atom. The highest BCUT2D eigenvalue weighted by atomic mass is 16.5. The first-order valence-corrected chi connectivity index (χ1v) is 8.03. The topological polar surface area (TPSA) is 55.6 Å². The van der Waals surface area contributed by atoms with Gasteiger partial charge in [-0.3, -0.25) is 4.79 Å². The molecule has 4 rings (SSSR count). The van der Waals surface area contributed by atoms with Crippen molar-refractivity contribution in [1.29, 1.82) is 0 Å². The van der Waals surface area contributed by atoms with Gasteiger partial charge < -0.3 is 15.4 Å². The van der Waals surface area contributed by atoms with Gasteiger partial charge in [-0.05, 0) is 38.2 Å². The summed E-state index contributed by atoms with van der Waals surface area (Å²) in [4.78, 5) is 15.3. The average Bonchev–Trinajstić information content (AvgIpc) is 2.78. The van der Waals surface area contributed by atoms with Crippen molar-refractivity contribution in [3.8, 4) is 5.75 Å². The normalized spacial score (nSPS) is 34.2. The van der Waals surface area contributed by atoms with E-state index in [1.165, 1.54) is 0 Å². The molecule has 4 heteroatoms. The maximum absolute atomic E-state index is 13.1. The van der Waals surface area contributed by atoms with Crippen LogP contribution in [0.1, 0.15) is 43.6 Å². The third kappa shape index (κ3) is 2.13. The van der Waals surface area contributed by atoms with Gasteiger partial charge in [0.25, 0.3) is 0 Å². The largest absolute Gasteiger partial charge is 0.493 e. The number of benzene rings is 1. The number of rotatable bonds is 1. The van der Waals surface area contributed by atoms with E-state index in [4.69, 9.17) is 10.5 Å². The minimum atomic E-state index is -0.0348. The lowest BCUT2D eigenvalue weighted by Crippen LogP contribution is -2.51. The Bertz CT molecular complexity index is 545. The second-order valence-corrected chi connectivity index (χ2v) is 6.59. The summed E-state index contributed by atoms with van der Waals surface area (Å²) in [5.41, 5.74) is 7.17. The highest BCUT2D eigenvalue weighted by molar-refractivity contribution is 5.85. The molecule has 21 heavy (non-hydrogen) atoms. The molecule has 2 N–H and O–H groups in total. The van der Waals surface area contributed by atoms with Gasteiger partial charge in [0.2, 0.25) is 5.91 Å². The monoisotopic (exact) mass is 286 g/mol. The summed E-state index contributed by atoms with van der Waals surface area (Å²) >= 11 is 0. The van der Waals surface area contributed by atoms with E-state index in [2.05, 4.69) is 4.90 Å². The predicted molar refractivity (Wildman–Crippen MR) is 80.2 cm³/mol. The lowest BCUT2D eigenvalue weighted by molar-refractivity contribution is -0.138. The van der Waals surface area contributed by atoms with Crippen molar-refractivity contribution >= 4 is 5.91 Å². The molecule has 0 saturated carbocycles. The second kappa shape index (κ2) is 5.02. The second-order valence-electron chi connectivity index (χ2n) is 6.59. The quantitative estimate of drug-likeness (QED) is 0.859. The number of amides is 1. The first kappa shape index (κ1) is 13.1. The highest BCUT2D eigenvalue weighted by Crippen LogP contribution is 2.40. The molecule has 3 aliphatic rings. The Kier molecular flexibility index (Phi) is 3.14. The Balaban J connectivity index is 1.62. The van der Waals surface area contributed by atoms with Gasteiger partial charge in [0, 0.05) is 23.7 Å². The third-order valence-corrected chi connectivity index (χ3v) is 5.28. The minimum absolute atomic E-state index is 0.0348. The van der Waals surface area contributed by atoms with E-state index in [1.54, 1.807) is 0 Å². The van der Waals surface area contributed by atoms with Gasteiger partial charge in [0.15, 0.2) is 0 Å². The lowest BCUT2D eigenvalue weighted by atomic mass is 9.89. The number of fused-ring (bicyclic) bond motifs is 3. The smallest absolute Gasteiger partial charge is 0.230 e. The van der Waals surface area contributed by atoms with Crippen molar-refractivity contribution in [3.63, 3.8) is 0 Å². The summed E-state index contributed by atoms with van der Waals surface area (Å²) in [6.45, 7) is 0.635. The zero-order chi connectivity index (χ0) is 14.4. The number of para-hydroxylation sites is 1. The third-order valence-electron chi connectivity index (χ3n) is 5.28. The Labute approximate surface area is 125 Å². The van der Waals surface area contributed by atoms with Crippen molar-refractivity contribution < 1.29 is 9.53 Å². The summed E-state index contributed by atoms with van der Waals surface area (Å²) in [6.07, 6.45) is 4.96. The molecule has 1 amide bonds. The van der Waals surface area contributed by atoms with Crippen LogP contribution in [0.3, 0.4) is 0 Å². The summed E-state index contributed by atoms with van der Waals surface area (Å²) in [6, 6.07) is 8.96. The van der Waals surface area contributed by atoms with Gasteiger partial charge in [-0.2, -0.15) is 0 Å². The molecule has 4 nitrogen and oxygen atoms in total. The molecule has 1 aromatic rings. The molecule has 2 saturated heterocycles. The van der Waals surface area contributed by atoms with Crippen molar-refractivity contribution in [2.75, 3.05) is 6.61 Å². The van der Waals surface area contributed by atoms with E-state index in [9.17, 15) is 4.79 Å². The Morgan fingerprint density at radius 2 is 1.86 bits per heavy atom. The minimum Gasteiger partial charge on any atom is -0.493 e. The number of nitrogens with zero attached hydrogens (tertiary/aromatic N) is 1. The zero-order valence-corrected chi connectivity index (χ0v) is 12.2. The van der Waals surface area contributed by atoms with Crippen LogP contribution >= 0.6 is 0 Å². The van der Waals surface area contributed by atoms with Crippen LogP contribution in [0.5, 0.6) is 5.75 Å². The fourth-order valence-corrected chi connectivity index (χ4v) is 4.36. The molecule has 3 aliphatic heterocycles. The number of carbonyl (C=O) groups excluding carboxylic acids is 1. The summed E-state index contributed by atoms with van der Waals surface area (Å²) in [5, 5.41) is 0. The number of hydrogen-bond donors (Lipinski definition) is 1. The molecule has 1 aromatic carbocycles. The molecule has 2 bridgehead atoms. The van der Waals surface area contributed by atoms with Gasteiger partial charge in [0.05, 0.1) is 12.5 Å². The SMILES string of the molecule is NC1CC2CCC(C1)N2C(=O)C1CCOc2ccccc21. The summed E-state index contributed by atoms with van der Waals surface area (Å²) in [5.74, 6) is 1.14. The van der Waals surface area contributed by atoms with Gasteiger partial charge in [0.1, 0.15) is 5.75 Å². The molecular weight excluding hydrogens is 264 g/mol. The first-order valence-electron chi connectivity index (χ1n) is 8.03. The van der Waals surface area contributed by atoms with Crippen LogP contribution in [0.2, 0.25) is 0 Å². The zero-order valence-electron chi connectivity index (χ0n) is 12.2. The van der Waals surface area contributed by atoms with Crippen molar-refractivity contribution in [2.45, 2.75) is 56.1 Å². The fourth-order valence-electron chi connectivity index (χ4n) is 4.36. The fraction of sp³-hybridized carbons (Fsp3) is 0.588. The molecule has 3 heterocycles. The molecule has 0 radical (unpaired) electrons. The van der Waals surface area contributed by atoms with Crippen LogP contribution in [0.15, 0.2) is 24.3 Å². The molecule has 2 fully saturated rings. The molecular formula is C17H22N2O2. The van der Waals surface area contributed by atoms with E-state index in [-0.39, 0.29) is 12.0 Å². The maximum Gasteiger partial charge on any atom is 0.230 e. The highest BCUT2D eigenvalue weighted by Gasteiger charge is 2.44. The van der Waals surface area contributed by atoms with E-state index >= 15 is 0 Å². The first-order chi connectivity index (χ1) is 10.2.